The van der Waals surface area contributed by atoms with Gasteiger partial charge in [0.1, 0.15) is 0 Å². The lowest BCUT2D eigenvalue weighted by Crippen LogP contribution is -2.53. The van der Waals surface area contributed by atoms with E-state index in [1.54, 1.807) is 0 Å². The van der Waals surface area contributed by atoms with Crippen molar-refractivity contribution in [2.45, 2.75) is 6.04 Å². The van der Waals surface area contributed by atoms with Crippen LogP contribution in [0.15, 0.2) is 0 Å². The molecule has 2 heterocycles. The van der Waals surface area contributed by atoms with Crippen molar-refractivity contribution in [2.24, 2.45) is 0 Å². The average Bonchev–Trinajstić information content (AvgIpc) is 2.36. The number of hydrogen-bond acceptors (Lipinski definition) is 5. The third kappa shape index (κ3) is 4.89. The number of piperazine rings is 1. The highest BCUT2D eigenvalue weighted by atomic mass is 16.5. The minimum atomic E-state index is 0.610. The molecule has 0 bridgehead atoms. The van der Waals surface area contributed by atoms with Crippen LogP contribution in [-0.2, 0) is 4.74 Å². The lowest BCUT2D eigenvalue weighted by Gasteiger charge is -2.31. The number of nitrogens with one attached hydrogen (secondary N) is 2. The maximum absolute atomic E-state index is 5.34. The number of likely N-dealkylation sites (N-methyl/N-ethyl adjacent to an activating group) is 1. The van der Waals surface area contributed by atoms with Crippen molar-refractivity contribution in [2.75, 3.05) is 72.6 Å². The Hall–Kier alpha value is -0.200. The van der Waals surface area contributed by atoms with E-state index in [4.69, 9.17) is 4.74 Å². The molecule has 0 saturated carbocycles. The second kappa shape index (κ2) is 7.28. The fraction of sp³-hybridized carbons (Fsp3) is 1.00. The van der Waals surface area contributed by atoms with Gasteiger partial charge in [-0.25, -0.2) is 0 Å². The summed E-state index contributed by atoms with van der Waals surface area (Å²) in [7, 11) is 2.20. The number of morpholine rings is 1. The molecule has 100 valence electrons. The lowest BCUT2D eigenvalue weighted by molar-refractivity contribution is 0.0383. The first-order valence-electron chi connectivity index (χ1n) is 6.77. The quantitative estimate of drug-likeness (QED) is 0.594. The Kier molecular flexibility index (Phi) is 5.67. The molecule has 0 spiro atoms. The van der Waals surface area contributed by atoms with Gasteiger partial charge in [0.2, 0.25) is 0 Å². The molecule has 0 aliphatic carbocycles. The maximum atomic E-state index is 5.34. The second-order valence-electron chi connectivity index (χ2n) is 5.07. The molecule has 2 aliphatic heterocycles. The summed E-state index contributed by atoms with van der Waals surface area (Å²) >= 11 is 0. The summed E-state index contributed by atoms with van der Waals surface area (Å²) in [5, 5.41) is 7.10. The van der Waals surface area contributed by atoms with Gasteiger partial charge in [0, 0.05) is 58.4 Å². The van der Waals surface area contributed by atoms with Crippen LogP contribution in [0.5, 0.6) is 0 Å². The van der Waals surface area contributed by atoms with Crippen molar-refractivity contribution in [3.63, 3.8) is 0 Å². The number of rotatable bonds is 5. The Bertz CT molecular complexity index is 209. The predicted octanol–water partition coefficient (Wildman–Crippen LogP) is -1.19. The van der Waals surface area contributed by atoms with Crippen LogP contribution < -0.4 is 10.6 Å². The van der Waals surface area contributed by atoms with E-state index in [0.29, 0.717) is 6.04 Å². The van der Waals surface area contributed by atoms with Gasteiger partial charge in [-0.1, -0.05) is 0 Å². The van der Waals surface area contributed by atoms with Crippen LogP contribution in [-0.4, -0.2) is 88.5 Å². The average molecular weight is 242 g/mol. The summed E-state index contributed by atoms with van der Waals surface area (Å²) < 4.78 is 5.34. The largest absolute Gasteiger partial charge is 0.379 e. The molecule has 1 atom stereocenters. The number of hydrogen-bond donors (Lipinski definition) is 2. The highest BCUT2D eigenvalue weighted by molar-refractivity contribution is 4.78. The number of ether oxygens (including phenoxy) is 1. The van der Waals surface area contributed by atoms with Crippen LogP contribution >= 0.6 is 0 Å². The van der Waals surface area contributed by atoms with Crippen molar-refractivity contribution >= 4 is 0 Å². The SMILES string of the molecule is CN1CCNC(CNCCN2CCOCC2)C1. The summed E-state index contributed by atoms with van der Waals surface area (Å²) in [6, 6.07) is 0.610. The van der Waals surface area contributed by atoms with E-state index in [1.165, 1.54) is 6.54 Å². The molecule has 0 aromatic heterocycles. The molecule has 0 radical (unpaired) electrons. The van der Waals surface area contributed by atoms with Gasteiger partial charge < -0.3 is 20.3 Å². The molecule has 0 amide bonds. The normalized spacial score (nSPS) is 28.4. The second-order valence-corrected chi connectivity index (χ2v) is 5.07. The van der Waals surface area contributed by atoms with E-state index >= 15 is 0 Å². The van der Waals surface area contributed by atoms with Crippen LogP contribution in [0.3, 0.4) is 0 Å². The van der Waals surface area contributed by atoms with E-state index in [-0.39, 0.29) is 0 Å². The van der Waals surface area contributed by atoms with Crippen molar-refractivity contribution in [3.05, 3.63) is 0 Å². The standard InChI is InChI=1S/C12H26N4O/c1-15-4-3-14-12(11-15)10-13-2-5-16-6-8-17-9-7-16/h12-14H,2-11H2,1H3. The first kappa shape index (κ1) is 13.2. The van der Waals surface area contributed by atoms with Gasteiger partial charge in [0.25, 0.3) is 0 Å². The Morgan fingerprint density at radius 3 is 2.88 bits per heavy atom. The Morgan fingerprint density at radius 1 is 1.29 bits per heavy atom. The van der Waals surface area contributed by atoms with Crippen LogP contribution in [0.2, 0.25) is 0 Å². The summed E-state index contributed by atoms with van der Waals surface area (Å²) in [5.41, 5.74) is 0. The molecule has 2 fully saturated rings. The van der Waals surface area contributed by atoms with Gasteiger partial charge in [-0.15, -0.1) is 0 Å². The van der Waals surface area contributed by atoms with Crippen LogP contribution in [0.1, 0.15) is 0 Å². The molecule has 0 aromatic carbocycles. The maximum Gasteiger partial charge on any atom is 0.0594 e. The minimum Gasteiger partial charge on any atom is -0.379 e. The molecule has 2 rings (SSSR count). The summed E-state index contributed by atoms with van der Waals surface area (Å²) in [6.45, 7) is 10.7. The van der Waals surface area contributed by atoms with Crippen molar-refractivity contribution < 1.29 is 4.74 Å². The molecule has 5 nitrogen and oxygen atoms in total. The highest BCUT2D eigenvalue weighted by Gasteiger charge is 2.15. The number of nitrogens with zero attached hydrogens (tertiary/aromatic N) is 2. The summed E-state index contributed by atoms with van der Waals surface area (Å²) in [6.07, 6.45) is 0. The Labute approximate surface area is 104 Å². The zero-order chi connectivity index (χ0) is 11.9. The first-order valence-corrected chi connectivity index (χ1v) is 6.77. The monoisotopic (exact) mass is 242 g/mol. The van der Waals surface area contributed by atoms with Crippen LogP contribution in [0.4, 0.5) is 0 Å². The zero-order valence-corrected chi connectivity index (χ0v) is 11.0. The lowest BCUT2D eigenvalue weighted by atomic mass is 10.2. The van der Waals surface area contributed by atoms with E-state index in [0.717, 1.165) is 59.0 Å². The first-order chi connectivity index (χ1) is 8.34. The molecule has 1 unspecified atom stereocenters. The van der Waals surface area contributed by atoms with E-state index < -0.39 is 0 Å². The minimum absolute atomic E-state index is 0.610. The third-order valence-electron chi connectivity index (χ3n) is 3.56. The Morgan fingerprint density at radius 2 is 2.12 bits per heavy atom. The molecular formula is C12H26N4O. The third-order valence-corrected chi connectivity index (χ3v) is 3.56. The van der Waals surface area contributed by atoms with Gasteiger partial charge in [-0.05, 0) is 7.05 Å². The molecule has 0 aromatic rings. The molecule has 2 saturated heterocycles. The zero-order valence-electron chi connectivity index (χ0n) is 11.0. The molecule has 2 aliphatic rings. The molecule has 2 N–H and O–H groups in total. The van der Waals surface area contributed by atoms with E-state index in [2.05, 4.69) is 27.5 Å². The smallest absolute Gasteiger partial charge is 0.0594 e. The fourth-order valence-corrected chi connectivity index (χ4v) is 2.47. The van der Waals surface area contributed by atoms with Gasteiger partial charge in [0.15, 0.2) is 0 Å². The van der Waals surface area contributed by atoms with E-state index in [9.17, 15) is 0 Å². The van der Waals surface area contributed by atoms with Crippen LogP contribution in [0.25, 0.3) is 0 Å². The Balaban J connectivity index is 1.50. The summed E-state index contributed by atoms with van der Waals surface area (Å²) in [5.74, 6) is 0. The molecular weight excluding hydrogens is 216 g/mol. The van der Waals surface area contributed by atoms with Crippen molar-refractivity contribution in [1.82, 2.24) is 20.4 Å². The molecule has 5 heteroatoms. The van der Waals surface area contributed by atoms with E-state index in [1.807, 2.05) is 0 Å². The summed E-state index contributed by atoms with van der Waals surface area (Å²) in [4.78, 5) is 4.86. The van der Waals surface area contributed by atoms with Crippen LogP contribution in [0, 0.1) is 0 Å². The van der Waals surface area contributed by atoms with Gasteiger partial charge in [0.05, 0.1) is 13.2 Å². The van der Waals surface area contributed by atoms with Gasteiger partial charge in [-0.3, -0.25) is 4.90 Å². The van der Waals surface area contributed by atoms with Crippen molar-refractivity contribution in [1.29, 1.82) is 0 Å². The predicted molar refractivity (Wildman–Crippen MR) is 69.4 cm³/mol. The highest BCUT2D eigenvalue weighted by Crippen LogP contribution is 1.96. The van der Waals surface area contributed by atoms with Gasteiger partial charge in [-0.2, -0.15) is 0 Å². The fourth-order valence-electron chi connectivity index (χ4n) is 2.47. The van der Waals surface area contributed by atoms with Gasteiger partial charge >= 0.3 is 0 Å². The van der Waals surface area contributed by atoms with Crippen molar-refractivity contribution in [3.8, 4) is 0 Å². The molecule has 17 heavy (non-hydrogen) atoms. The topological polar surface area (TPSA) is 39.8 Å².